The second-order valence-corrected chi connectivity index (χ2v) is 4.88. The molecule has 1 N–H and O–H groups in total. The zero-order valence-electron chi connectivity index (χ0n) is 12.3. The fourth-order valence-electron chi connectivity index (χ4n) is 2.08. The van der Waals surface area contributed by atoms with E-state index in [1.807, 2.05) is 29.1 Å². The number of nitrogens with one attached hydrogen (secondary N) is 1. The molecule has 0 radical (unpaired) electrons. The van der Waals surface area contributed by atoms with E-state index in [0.717, 1.165) is 6.42 Å². The predicted molar refractivity (Wildman–Crippen MR) is 81.1 cm³/mol. The molecule has 4 heteroatoms. The van der Waals surface area contributed by atoms with Crippen LogP contribution in [0.25, 0.3) is 0 Å². The normalized spacial score (nSPS) is 10.2. The minimum atomic E-state index is -0.155. The number of aromatic nitrogens is 1. The molecule has 1 aromatic carbocycles. The van der Waals surface area contributed by atoms with Crippen LogP contribution in [0, 0.1) is 0 Å². The molecular formula is C17H19N2O2+. The van der Waals surface area contributed by atoms with Gasteiger partial charge in [-0.25, -0.2) is 0 Å². The molecule has 0 fully saturated rings. The summed E-state index contributed by atoms with van der Waals surface area (Å²) in [4.78, 5) is 23.6. The number of carbonyl (C=O) groups excluding carboxylic acids is 2. The molecule has 0 bridgehead atoms. The van der Waals surface area contributed by atoms with Gasteiger partial charge in [-0.2, -0.15) is 4.57 Å². The standard InChI is InChI=1S/C17H18N2O2/c1-3-14-8-10-19(11-9-14)12-17(21)18-16-7-5-4-6-15(16)13(2)20/h4-11H,3,12H2,1-2H3/p+1. The van der Waals surface area contributed by atoms with Crippen LogP contribution in [0.15, 0.2) is 48.8 Å². The van der Waals surface area contributed by atoms with Crippen LogP contribution >= 0.6 is 0 Å². The first kappa shape index (κ1) is 14.9. The van der Waals surface area contributed by atoms with Gasteiger partial charge in [0.05, 0.1) is 5.69 Å². The summed E-state index contributed by atoms with van der Waals surface area (Å²) in [6.07, 6.45) is 4.74. The van der Waals surface area contributed by atoms with Gasteiger partial charge in [0, 0.05) is 17.7 Å². The van der Waals surface area contributed by atoms with Crippen molar-refractivity contribution in [3.8, 4) is 0 Å². The minimum Gasteiger partial charge on any atom is -0.320 e. The molecule has 2 rings (SSSR count). The first-order valence-corrected chi connectivity index (χ1v) is 6.98. The van der Waals surface area contributed by atoms with Crippen LogP contribution in [0.1, 0.15) is 29.8 Å². The number of pyridine rings is 1. The van der Waals surface area contributed by atoms with Crippen molar-refractivity contribution in [2.45, 2.75) is 26.8 Å². The molecule has 0 saturated heterocycles. The fraction of sp³-hybridized carbons (Fsp3) is 0.235. The predicted octanol–water partition coefficient (Wildman–Crippen LogP) is 2.38. The first-order valence-electron chi connectivity index (χ1n) is 6.98. The Morgan fingerprint density at radius 2 is 1.76 bits per heavy atom. The number of rotatable bonds is 5. The Labute approximate surface area is 124 Å². The van der Waals surface area contributed by atoms with Crippen LogP contribution < -0.4 is 9.88 Å². The van der Waals surface area contributed by atoms with E-state index in [1.54, 1.807) is 24.3 Å². The van der Waals surface area contributed by atoms with Gasteiger partial charge >= 0.3 is 0 Å². The molecule has 0 unspecified atom stereocenters. The SMILES string of the molecule is CCc1cc[n+](CC(=O)Nc2ccccc2C(C)=O)cc1. The van der Waals surface area contributed by atoms with Crippen molar-refractivity contribution in [1.82, 2.24) is 0 Å². The molecule has 1 amide bonds. The zero-order chi connectivity index (χ0) is 15.2. The van der Waals surface area contributed by atoms with E-state index in [-0.39, 0.29) is 18.2 Å². The van der Waals surface area contributed by atoms with Gasteiger partial charge < -0.3 is 5.32 Å². The van der Waals surface area contributed by atoms with E-state index in [1.165, 1.54) is 12.5 Å². The maximum atomic E-state index is 12.1. The third-order valence-corrected chi connectivity index (χ3v) is 3.28. The lowest BCUT2D eigenvalue weighted by atomic mass is 10.1. The molecule has 1 heterocycles. The summed E-state index contributed by atoms with van der Waals surface area (Å²) < 4.78 is 1.81. The number of Topliss-reactive ketones (excluding diaryl/α,β-unsaturated/α-hetero) is 1. The summed E-state index contributed by atoms with van der Waals surface area (Å²) in [7, 11) is 0. The van der Waals surface area contributed by atoms with Gasteiger partial charge in [-0.15, -0.1) is 0 Å². The highest BCUT2D eigenvalue weighted by Crippen LogP contribution is 2.15. The van der Waals surface area contributed by atoms with E-state index < -0.39 is 0 Å². The maximum Gasteiger partial charge on any atom is 0.290 e. The molecule has 21 heavy (non-hydrogen) atoms. The van der Waals surface area contributed by atoms with Crippen LogP contribution in [-0.2, 0) is 17.8 Å². The number of benzene rings is 1. The highest BCUT2D eigenvalue weighted by atomic mass is 16.2. The van der Waals surface area contributed by atoms with E-state index in [0.29, 0.717) is 11.3 Å². The monoisotopic (exact) mass is 283 g/mol. The van der Waals surface area contributed by atoms with Crippen molar-refractivity contribution < 1.29 is 14.2 Å². The van der Waals surface area contributed by atoms with Crippen molar-refractivity contribution in [1.29, 1.82) is 0 Å². The van der Waals surface area contributed by atoms with Gasteiger partial charge in [0.25, 0.3) is 5.91 Å². The molecule has 0 aliphatic heterocycles. The third-order valence-electron chi connectivity index (χ3n) is 3.28. The molecule has 0 spiro atoms. The summed E-state index contributed by atoms with van der Waals surface area (Å²) in [6, 6.07) is 11.0. The van der Waals surface area contributed by atoms with E-state index in [2.05, 4.69) is 12.2 Å². The van der Waals surface area contributed by atoms with Crippen molar-refractivity contribution in [2.75, 3.05) is 5.32 Å². The summed E-state index contributed by atoms with van der Waals surface area (Å²) in [5.74, 6) is -0.219. The molecular weight excluding hydrogens is 264 g/mol. The third kappa shape index (κ3) is 3.99. The summed E-state index contributed by atoms with van der Waals surface area (Å²) in [6.45, 7) is 3.80. The number of ketones is 1. The fourth-order valence-corrected chi connectivity index (χ4v) is 2.08. The topological polar surface area (TPSA) is 50.0 Å². The summed E-state index contributed by atoms with van der Waals surface area (Å²) in [5.41, 5.74) is 2.31. The zero-order valence-corrected chi connectivity index (χ0v) is 12.3. The summed E-state index contributed by atoms with van der Waals surface area (Å²) >= 11 is 0. The lowest BCUT2D eigenvalue weighted by Crippen LogP contribution is -2.39. The van der Waals surface area contributed by atoms with Crippen molar-refractivity contribution in [3.05, 3.63) is 59.9 Å². The van der Waals surface area contributed by atoms with Gasteiger partial charge in [0.2, 0.25) is 6.54 Å². The average Bonchev–Trinajstić information content (AvgIpc) is 2.48. The smallest absolute Gasteiger partial charge is 0.290 e. The highest BCUT2D eigenvalue weighted by Gasteiger charge is 2.13. The van der Waals surface area contributed by atoms with Crippen LogP contribution in [0.2, 0.25) is 0 Å². The largest absolute Gasteiger partial charge is 0.320 e. The maximum absolute atomic E-state index is 12.1. The Balaban J connectivity index is 2.06. The number of carbonyl (C=O) groups is 2. The quantitative estimate of drug-likeness (QED) is 0.676. The Bertz CT molecular complexity index is 648. The number of hydrogen-bond donors (Lipinski definition) is 1. The van der Waals surface area contributed by atoms with Crippen LogP contribution in [-0.4, -0.2) is 11.7 Å². The number of amides is 1. The molecule has 1 aromatic heterocycles. The molecule has 108 valence electrons. The second kappa shape index (κ2) is 6.79. The highest BCUT2D eigenvalue weighted by molar-refractivity contribution is 6.03. The molecule has 0 atom stereocenters. The van der Waals surface area contributed by atoms with Crippen molar-refractivity contribution >= 4 is 17.4 Å². The lowest BCUT2D eigenvalue weighted by Gasteiger charge is -2.07. The van der Waals surface area contributed by atoms with Crippen LogP contribution in [0.5, 0.6) is 0 Å². The average molecular weight is 283 g/mol. The van der Waals surface area contributed by atoms with Gasteiger partial charge in [-0.3, -0.25) is 9.59 Å². The first-order chi connectivity index (χ1) is 10.1. The molecule has 0 aliphatic rings. The van der Waals surface area contributed by atoms with Crippen LogP contribution in [0.3, 0.4) is 0 Å². The number of anilines is 1. The van der Waals surface area contributed by atoms with Crippen LogP contribution in [0.4, 0.5) is 5.69 Å². The summed E-state index contributed by atoms with van der Waals surface area (Å²) in [5, 5.41) is 2.79. The Morgan fingerprint density at radius 1 is 1.10 bits per heavy atom. The lowest BCUT2D eigenvalue weighted by molar-refractivity contribution is -0.684. The van der Waals surface area contributed by atoms with Gasteiger partial charge in [-0.05, 0) is 31.0 Å². The number of nitrogens with zero attached hydrogens (tertiary/aromatic N) is 1. The number of aryl methyl sites for hydroxylation is 1. The molecule has 0 aliphatic carbocycles. The van der Waals surface area contributed by atoms with Crippen molar-refractivity contribution in [3.63, 3.8) is 0 Å². The van der Waals surface area contributed by atoms with Crippen molar-refractivity contribution in [2.24, 2.45) is 0 Å². The number of hydrogen-bond acceptors (Lipinski definition) is 2. The Kier molecular flexibility index (Phi) is 4.82. The second-order valence-electron chi connectivity index (χ2n) is 4.88. The minimum absolute atomic E-state index is 0.0640. The molecule has 0 saturated carbocycles. The molecule has 4 nitrogen and oxygen atoms in total. The molecule has 2 aromatic rings. The van der Waals surface area contributed by atoms with Gasteiger partial charge in [0.15, 0.2) is 18.2 Å². The van der Waals surface area contributed by atoms with Gasteiger partial charge in [-0.1, -0.05) is 19.1 Å². The van der Waals surface area contributed by atoms with E-state index >= 15 is 0 Å². The van der Waals surface area contributed by atoms with E-state index in [4.69, 9.17) is 0 Å². The Morgan fingerprint density at radius 3 is 2.38 bits per heavy atom. The van der Waals surface area contributed by atoms with Gasteiger partial charge in [0.1, 0.15) is 0 Å². The Hall–Kier alpha value is -2.49. The van der Waals surface area contributed by atoms with E-state index in [9.17, 15) is 9.59 Å². The number of para-hydroxylation sites is 1.